The van der Waals surface area contributed by atoms with Crippen LogP contribution in [0, 0.1) is 0 Å². The van der Waals surface area contributed by atoms with Gasteiger partial charge in [0.05, 0.1) is 29.6 Å². The zero-order valence-electron chi connectivity index (χ0n) is 13.3. The van der Waals surface area contributed by atoms with E-state index in [1.54, 1.807) is 7.11 Å². The molecule has 3 aromatic rings. The number of thiazole rings is 1. The Balaban J connectivity index is 1.68. The Morgan fingerprint density at radius 3 is 2.75 bits per heavy atom. The molecule has 0 spiro atoms. The molecule has 1 heterocycles. The second kappa shape index (κ2) is 7.96. The van der Waals surface area contributed by atoms with Crippen molar-refractivity contribution in [3.05, 3.63) is 48.0 Å². The number of hydrogen-bond donors (Lipinski definition) is 2. The van der Waals surface area contributed by atoms with Crippen LogP contribution in [-0.2, 0) is 6.54 Å². The number of aromatic nitrogens is 1. The number of azo groups is 1. The van der Waals surface area contributed by atoms with Crippen molar-refractivity contribution in [3.8, 4) is 5.75 Å². The molecular weight excluding hydrogens is 324 g/mol. The third kappa shape index (κ3) is 4.14. The number of aliphatic hydroxyl groups is 1. The number of nitrogens with one attached hydrogen (secondary N) is 1. The Bertz CT molecular complexity index is 830. The zero-order chi connectivity index (χ0) is 16.8. The van der Waals surface area contributed by atoms with Gasteiger partial charge in [0.25, 0.3) is 0 Å². The number of ether oxygens (including phenoxy) is 1. The van der Waals surface area contributed by atoms with Gasteiger partial charge in [-0.3, -0.25) is 0 Å². The van der Waals surface area contributed by atoms with Gasteiger partial charge in [-0.1, -0.05) is 23.5 Å². The molecule has 1 aromatic heterocycles. The predicted octanol–water partition coefficient (Wildman–Crippen LogP) is 3.80. The minimum absolute atomic E-state index is 0.139. The number of methoxy groups -OCH3 is 1. The maximum absolute atomic E-state index is 8.75. The lowest BCUT2D eigenvalue weighted by Gasteiger charge is -2.02. The van der Waals surface area contributed by atoms with Crippen LogP contribution >= 0.6 is 11.3 Å². The lowest BCUT2D eigenvalue weighted by atomic mass is 10.2. The molecule has 0 atom stereocenters. The van der Waals surface area contributed by atoms with Crippen LogP contribution in [-0.4, -0.2) is 30.4 Å². The average Bonchev–Trinajstić information content (AvgIpc) is 3.03. The van der Waals surface area contributed by atoms with Crippen molar-refractivity contribution in [2.45, 2.75) is 6.54 Å². The molecule has 0 unspecified atom stereocenters. The van der Waals surface area contributed by atoms with Crippen LogP contribution in [0.2, 0.25) is 0 Å². The number of nitrogens with zero attached hydrogens (tertiary/aromatic N) is 3. The largest absolute Gasteiger partial charge is 0.497 e. The van der Waals surface area contributed by atoms with Gasteiger partial charge in [-0.2, -0.15) is 0 Å². The average molecular weight is 342 g/mol. The maximum atomic E-state index is 8.75. The van der Waals surface area contributed by atoms with Crippen molar-refractivity contribution >= 4 is 32.4 Å². The molecule has 0 saturated heterocycles. The molecule has 2 aromatic carbocycles. The first-order valence-electron chi connectivity index (χ1n) is 7.55. The summed E-state index contributed by atoms with van der Waals surface area (Å²) in [7, 11) is 1.64. The Morgan fingerprint density at radius 2 is 2.00 bits per heavy atom. The molecule has 0 aliphatic rings. The summed E-state index contributed by atoms with van der Waals surface area (Å²) in [5.74, 6) is 0.806. The quantitative estimate of drug-likeness (QED) is 0.505. The van der Waals surface area contributed by atoms with Crippen LogP contribution in [0.3, 0.4) is 0 Å². The van der Waals surface area contributed by atoms with Gasteiger partial charge in [0.1, 0.15) is 5.75 Å². The summed E-state index contributed by atoms with van der Waals surface area (Å²) in [6, 6.07) is 13.5. The van der Waals surface area contributed by atoms with Crippen molar-refractivity contribution in [3.63, 3.8) is 0 Å². The summed E-state index contributed by atoms with van der Waals surface area (Å²) in [5.41, 5.74) is 2.80. The molecule has 124 valence electrons. The van der Waals surface area contributed by atoms with Crippen LogP contribution in [0.1, 0.15) is 5.56 Å². The monoisotopic (exact) mass is 342 g/mol. The number of rotatable bonds is 7. The fourth-order valence-electron chi connectivity index (χ4n) is 2.16. The van der Waals surface area contributed by atoms with Gasteiger partial charge in [-0.25, -0.2) is 4.98 Å². The van der Waals surface area contributed by atoms with Gasteiger partial charge in [0.2, 0.25) is 5.13 Å². The van der Waals surface area contributed by atoms with Gasteiger partial charge in [0.15, 0.2) is 0 Å². The first-order chi connectivity index (χ1) is 11.8. The molecular formula is C17H18N4O2S. The van der Waals surface area contributed by atoms with Crippen molar-refractivity contribution < 1.29 is 9.84 Å². The van der Waals surface area contributed by atoms with Crippen LogP contribution in [0.5, 0.6) is 5.75 Å². The third-order valence-corrected chi connectivity index (χ3v) is 4.29. The van der Waals surface area contributed by atoms with E-state index < -0.39 is 0 Å². The molecule has 0 radical (unpaired) electrons. The van der Waals surface area contributed by atoms with Gasteiger partial charge in [-0.15, -0.1) is 10.2 Å². The maximum Gasteiger partial charge on any atom is 0.231 e. The topological polar surface area (TPSA) is 79.1 Å². The molecule has 0 bridgehead atoms. The SMILES string of the molecule is COc1ccc2nc(N=Nc3ccc(CNCCO)cc3)sc2c1. The summed E-state index contributed by atoms with van der Waals surface area (Å²) in [6.45, 7) is 1.45. The van der Waals surface area contributed by atoms with Crippen LogP contribution in [0.15, 0.2) is 52.7 Å². The Kier molecular flexibility index (Phi) is 5.47. The summed E-state index contributed by atoms with van der Waals surface area (Å²) in [5, 5.41) is 20.9. The molecule has 0 fully saturated rings. The Morgan fingerprint density at radius 1 is 1.17 bits per heavy atom. The lowest BCUT2D eigenvalue weighted by Crippen LogP contribution is -2.17. The van der Waals surface area contributed by atoms with E-state index in [9.17, 15) is 0 Å². The van der Waals surface area contributed by atoms with Gasteiger partial charge in [0, 0.05) is 13.1 Å². The van der Waals surface area contributed by atoms with E-state index in [1.807, 2.05) is 42.5 Å². The van der Waals surface area contributed by atoms with Crippen molar-refractivity contribution in [2.75, 3.05) is 20.3 Å². The highest BCUT2D eigenvalue weighted by Gasteiger charge is 2.04. The smallest absolute Gasteiger partial charge is 0.231 e. The standard InChI is InChI=1S/C17H18N4O2S/c1-23-14-6-7-15-16(10-14)24-17(19-15)21-20-13-4-2-12(3-5-13)11-18-8-9-22/h2-7,10,18,22H,8-9,11H2,1H3. The van der Waals surface area contributed by atoms with Crippen LogP contribution in [0.25, 0.3) is 10.2 Å². The second-order valence-electron chi connectivity index (χ2n) is 5.10. The summed E-state index contributed by atoms with van der Waals surface area (Å²) < 4.78 is 6.23. The summed E-state index contributed by atoms with van der Waals surface area (Å²) in [4.78, 5) is 4.44. The molecule has 24 heavy (non-hydrogen) atoms. The number of benzene rings is 2. The minimum Gasteiger partial charge on any atom is -0.497 e. The zero-order valence-corrected chi connectivity index (χ0v) is 14.1. The van der Waals surface area contributed by atoms with E-state index in [4.69, 9.17) is 9.84 Å². The van der Waals surface area contributed by atoms with Crippen LogP contribution < -0.4 is 10.1 Å². The van der Waals surface area contributed by atoms with E-state index in [0.717, 1.165) is 33.8 Å². The molecule has 6 nitrogen and oxygen atoms in total. The highest BCUT2D eigenvalue weighted by atomic mass is 32.1. The fourth-order valence-corrected chi connectivity index (χ4v) is 2.97. The third-order valence-electron chi connectivity index (χ3n) is 3.39. The van der Waals surface area contributed by atoms with E-state index >= 15 is 0 Å². The second-order valence-corrected chi connectivity index (χ2v) is 6.11. The molecule has 3 rings (SSSR count). The molecule has 7 heteroatoms. The highest BCUT2D eigenvalue weighted by Crippen LogP contribution is 2.31. The van der Waals surface area contributed by atoms with E-state index in [2.05, 4.69) is 20.5 Å². The molecule has 0 amide bonds. The first-order valence-corrected chi connectivity index (χ1v) is 8.37. The van der Waals surface area contributed by atoms with Crippen molar-refractivity contribution in [1.82, 2.24) is 10.3 Å². The van der Waals surface area contributed by atoms with Crippen LogP contribution in [0.4, 0.5) is 10.8 Å². The van der Waals surface area contributed by atoms with Gasteiger partial charge in [-0.05, 0) is 35.9 Å². The van der Waals surface area contributed by atoms with E-state index in [-0.39, 0.29) is 6.61 Å². The Labute approximate surface area is 143 Å². The summed E-state index contributed by atoms with van der Waals surface area (Å²) in [6.07, 6.45) is 0. The number of fused-ring (bicyclic) bond motifs is 1. The Hall–Kier alpha value is -2.35. The van der Waals surface area contributed by atoms with Crippen molar-refractivity contribution in [2.24, 2.45) is 10.2 Å². The molecule has 2 N–H and O–H groups in total. The normalized spacial score (nSPS) is 11.4. The van der Waals surface area contributed by atoms with E-state index in [0.29, 0.717) is 11.7 Å². The number of hydrogen-bond acceptors (Lipinski definition) is 7. The molecule has 0 aliphatic heterocycles. The first kappa shape index (κ1) is 16.5. The van der Waals surface area contributed by atoms with Gasteiger partial charge < -0.3 is 15.2 Å². The minimum atomic E-state index is 0.139. The van der Waals surface area contributed by atoms with E-state index in [1.165, 1.54) is 11.3 Å². The predicted molar refractivity (Wildman–Crippen MR) is 95.6 cm³/mol. The van der Waals surface area contributed by atoms with Crippen molar-refractivity contribution in [1.29, 1.82) is 0 Å². The fraction of sp³-hybridized carbons (Fsp3) is 0.235. The molecule has 0 aliphatic carbocycles. The summed E-state index contributed by atoms with van der Waals surface area (Å²) >= 11 is 1.48. The highest BCUT2D eigenvalue weighted by molar-refractivity contribution is 7.21. The lowest BCUT2D eigenvalue weighted by molar-refractivity contribution is 0.292. The van der Waals surface area contributed by atoms with Gasteiger partial charge >= 0.3 is 0 Å². The number of aliphatic hydroxyl groups excluding tert-OH is 1. The molecule has 0 saturated carbocycles.